The van der Waals surface area contributed by atoms with E-state index in [1.807, 2.05) is 0 Å². The summed E-state index contributed by atoms with van der Waals surface area (Å²) in [6, 6.07) is -1.24. The third-order valence-electron chi connectivity index (χ3n) is 3.16. The molecule has 0 amide bonds. The quantitative estimate of drug-likeness (QED) is 0.615. The normalized spacial score (nSPS) is 13.4. The number of rotatable bonds is 6. The lowest BCUT2D eigenvalue weighted by atomic mass is 9.99. The first-order valence-electron chi connectivity index (χ1n) is 5.98. The predicted octanol–water partition coefficient (Wildman–Crippen LogP) is 1.34. The Morgan fingerprint density at radius 1 is 1.29 bits per heavy atom. The van der Waals surface area contributed by atoms with Gasteiger partial charge in [0.15, 0.2) is 0 Å². The molecular weight excluding hydrogens is 286 g/mol. The van der Waals surface area contributed by atoms with E-state index in [0.29, 0.717) is 6.42 Å². The van der Waals surface area contributed by atoms with Crippen LogP contribution in [0.2, 0.25) is 0 Å². The molecule has 0 aliphatic carbocycles. The van der Waals surface area contributed by atoms with Gasteiger partial charge in [-0.15, -0.1) is 0 Å². The van der Waals surface area contributed by atoms with E-state index in [2.05, 4.69) is 0 Å². The second-order valence-electron chi connectivity index (χ2n) is 4.49. The van der Waals surface area contributed by atoms with Crippen molar-refractivity contribution in [3.8, 4) is 0 Å². The van der Waals surface area contributed by atoms with E-state index in [1.165, 1.54) is 0 Å². The van der Waals surface area contributed by atoms with Crippen LogP contribution in [-0.4, -0.2) is 25.5 Å². The monoisotopic (exact) mass is 299 g/mol. The molecule has 1 N–H and O–H groups in total. The van der Waals surface area contributed by atoms with Crippen molar-refractivity contribution in [2.75, 3.05) is 0 Å². The van der Waals surface area contributed by atoms with E-state index in [9.17, 15) is 34.9 Å². The molecule has 1 aromatic heterocycles. The highest BCUT2D eigenvalue weighted by Crippen LogP contribution is 2.24. The van der Waals surface area contributed by atoms with Crippen molar-refractivity contribution in [2.24, 2.45) is 5.92 Å². The Hall–Kier alpha value is -2.78. The fraction of sp³-hybridized carbons (Fsp3) is 0.455. The molecule has 0 aliphatic heterocycles. The topological polar surface area (TPSA) is 146 Å². The maximum atomic E-state index is 11.6. The summed E-state index contributed by atoms with van der Waals surface area (Å²) in [7, 11) is 0. The number of carboxylic acid groups (broad SMARTS) is 1. The van der Waals surface area contributed by atoms with Crippen molar-refractivity contribution in [3.05, 3.63) is 42.8 Å². The molecule has 0 fully saturated rings. The molecular formula is C11H13N3O7. The molecule has 0 spiro atoms. The zero-order valence-corrected chi connectivity index (χ0v) is 11.3. The highest BCUT2D eigenvalue weighted by molar-refractivity contribution is 5.72. The van der Waals surface area contributed by atoms with E-state index in [-0.39, 0.29) is 0 Å². The number of carboxylic acids is 1. The van der Waals surface area contributed by atoms with Crippen LogP contribution in [0.3, 0.4) is 0 Å². The Morgan fingerprint density at radius 2 is 1.71 bits per heavy atom. The minimum absolute atomic E-state index is 0.435. The predicted molar refractivity (Wildman–Crippen MR) is 70.1 cm³/mol. The van der Waals surface area contributed by atoms with Crippen LogP contribution in [0.25, 0.3) is 0 Å². The van der Waals surface area contributed by atoms with Crippen molar-refractivity contribution in [1.29, 1.82) is 0 Å². The van der Waals surface area contributed by atoms with Gasteiger partial charge in [0.1, 0.15) is 6.04 Å². The molecule has 0 saturated carbocycles. The average Bonchev–Trinajstić information content (AvgIpc) is 2.39. The minimum atomic E-state index is -1.35. The van der Waals surface area contributed by atoms with Gasteiger partial charge < -0.3 is 9.67 Å². The second kappa shape index (κ2) is 6.11. The fourth-order valence-corrected chi connectivity index (χ4v) is 1.88. The molecule has 1 rings (SSSR count). The van der Waals surface area contributed by atoms with Crippen LogP contribution in [0, 0.1) is 26.1 Å². The van der Waals surface area contributed by atoms with Gasteiger partial charge in [0.05, 0.1) is 22.2 Å². The lowest BCUT2D eigenvalue weighted by Gasteiger charge is -2.21. The van der Waals surface area contributed by atoms with Crippen LogP contribution in [0.15, 0.2) is 17.2 Å². The van der Waals surface area contributed by atoms with Crippen molar-refractivity contribution < 1.29 is 19.7 Å². The number of nitro groups is 2. The van der Waals surface area contributed by atoms with Crippen LogP contribution in [0.4, 0.5) is 11.4 Å². The first-order valence-corrected chi connectivity index (χ1v) is 5.98. The third-order valence-corrected chi connectivity index (χ3v) is 3.16. The molecule has 0 unspecified atom stereocenters. The molecule has 114 valence electrons. The SMILES string of the molecule is CC[C@H](C)[C@H](C(=O)O)n1cc([N+](=O)[O-])c(=O)c([N+](=O)[O-])c1. The van der Waals surface area contributed by atoms with Gasteiger partial charge in [0.25, 0.3) is 0 Å². The zero-order valence-electron chi connectivity index (χ0n) is 11.3. The molecule has 1 heterocycles. The smallest absolute Gasteiger partial charge is 0.339 e. The Labute approximate surface area is 117 Å². The Morgan fingerprint density at radius 3 is 2.00 bits per heavy atom. The summed E-state index contributed by atoms with van der Waals surface area (Å²) in [5.74, 6) is -1.74. The summed E-state index contributed by atoms with van der Waals surface area (Å²) in [6.45, 7) is 3.31. The molecule has 21 heavy (non-hydrogen) atoms. The van der Waals surface area contributed by atoms with Crippen molar-refractivity contribution >= 4 is 17.3 Å². The van der Waals surface area contributed by atoms with Gasteiger partial charge in [-0.2, -0.15) is 0 Å². The molecule has 0 bridgehead atoms. The van der Waals surface area contributed by atoms with Gasteiger partial charge in [-0.25, -0.2) is 4.79 Å². The van der Waals surface area contributed by atoms with Gasteiger partial charge in [-0.3, -0.25) is 25.0 Å². The van der Waals surface area contributed by atoms with E-state index in [4.69, 9.17) is 0 Å². The highest BCUT2D eigenvalue weighted by Gasteiger charge is 2.31. The van der Waals surface area contributed by atoms with Crippen LogP contribution >= 0.6 is 0 Å². The van der Waals surface area contributed by atoms with Crippen LogP contribution in [-0.2, 0) is 4.79 Å². The Bertz CT molecular complexity index is 613. The highest BCUT2D eigenvalue weighted by atomic mass is 16.6. The largest absolute Gasteiger partial charge is 0.480 e. The number of aliphatic carboxylic acids is 1. The molecule has 1 aromatic rings. The van der Waals surface area contributed by atoms with E-state index < -0.39 is 44.6 Å². The maximum absolute atomic E-state index is 11.6. The number of carbonyl (C=O) groups is 1. The number of hydrogen-bond acceptors (Lipinski definition) is 6. The van der Waals surface area contributed by atoms with Crippen LogP contribution < -0.4 is 5.43 Å². The third kappa shape index (κ3) is 3.22. The van der Waals surface area contributed by atoms with Gasteiger partial charge in [0.2, 0.25) is 0 Å². The summed E-state index contributed by atoms with van der Waals surface area (Å²) in [4.78, 5) is 42.4. The minimum Gasteiger partial charge on any atom is -0.480 e. The van der Waals surface area contributed by atoms with Gasteiger partial charge >= 0.3 is 22.8 Å². The molecule has 10 nitrogen and oxygen atoms in total. The second-order valence-corrected chi connectivity index (χ2v) is 4.49. The van der Waals surface area contributed by atoms with Gasteiger partial charge in [0, 0.05) is 0 Å². The van der Waals surface area contributed by atoms with Crippen molar-refractivity contribution in [3.63, 3.8) is 0 Å². The van der Waals surface area contributed by atoms with E-state index in [1.54, 1.807) is 13.8 Å². The fourth-order valence-electron chi connectivity index (χ4n) is 1.88. The van der Waals surface area contributed by atoms with Crippen LogP contribution in [0.5, 0.6) is 0 Å². The average molecular weight is 299 g/mol. The lowest BCUT2D eigenvalue weighted by molar-refractivity contribution is -0.397. The summed E-state index contributed by atoms with van der Waals surface area (Å²) in [5.41, 5.74) is -3.41. The van der Waals surface area contributed by atoms with E-state index in [0.717, 1.165) is 17.0 Å². The number of hydrogen-bond donors (Lipinski definition) is 1. The number of nitrogens with zero attached hydrogens (tertiary/aromatic N) is 3. The molecule has 0 radical (unpaired) electrons. The summed E-state index contributed by atoms with van der Waals surface area (Å²) >= 11 is 0. The number of aromatic nitrogens is 1. The Balaban J connectivity index is 3.62. The molecule has 0 saturated heterocycles. The molecule has 0 aromatic carbocycles. The van der Waals surface area contributed by atoms with Crippen molar-refractivity contribution in [1.82, 2.24) is 4.57 Å². The van der Waals surface area contributed by atoms with E-state index >= 15 is 0 Å². The summed E-state index contributed by atoms with van der Waals surface area (Å²) in [6.07, 6.45) is 1.88. The Kier molecular flexibility index (Phi) is 4.74. The standard InChI is InChI=1S/C11H13N3O7/c1-3-6(2)9(11(16)17)12-4-7(13(18)19)10(15)8(5-12)14(20)21/h4-6,9H,3H2,1-2H3,(H,16,17)/t6-,9+/m0/s1. The summed E-state index contributed by atoms with van der Waals surface area (Å²) in [5, 5.41) is 30.8. The van der Waals surface area contributed by atoms with Gasteiger partial charge in [-0.1, -0.05) is 20.3 Å². The maximum Gasteiger partial charge on any atom is 0.339 e. The van der Waals surface area contributed by atoms with Crippen molar-refractivity contribution in [2.45, 2.75) is 26.3 Å². The van der Waals surface area contributed by atoms with Gasteiger partial charge in [-0.05, 0) is 5.92 Å². The zero-order chi connectivity index (χ0) is 16.3. The first kappa shape index (κ1) is 16.3. The first-order chi connectivity index (χ1) is 9.70. The molecule has 10 heteroatoms. The number of pyridine rings is 1. The van der Waals surface area contributed by atoms with Crippen LogP contribution in [0.1, 0.15) is 26.3 Å². The summed E-state index contributed by atoms with van der Waals surface area (Å²) < 4.78 is 0.841. The molecule has 0 aliphatic rings. The lowest BCUT2D eigenvalue weighted by Crippen LogP contribution is -2.27. The molecule has 2 atom stereocenters.